The summed E-state index contributed by atoms with van der Waals surface area (Å²) in [5, 5.41) is 3.04. The molecule has 80 valence electrons. The predicted octanol–water partition coefficient (Wildman–Crippen LogP) is 0.508. The maximum atomic E-state index is 11.6. The molecular formula is C9H15BrN2O2. The molecule has 2 amide bonds. The van der Waals surface area contributed by atoms with Gasteiger partial charge in [0, 0.05) is 13.1 Å². The molecule has 4 nitrogen and oxygen atoms in total. The molecule has 0 spiro atoms. The highest BCUT2D eigenvalue weighted by Crippen LogP contribution is 2.17. The van der Waals surface area contributed by atoms with E-state index >= 15 is 0 Å². The summed E-state index contributed by atoms with van der Waals surface area (Å²) in [5.41, 5.74) is 0. The van der Waals surface area contributed by atoms with E-state index in [9.17, 15) is 9.59 Å². The fourth-order valence-corrected chi connectivity index (χ4v) is 2.03. The lowest BCUT2D eigenvalue weighted by molar-refractivity contribution is -0.136. The van der Waals surface area contributed by atoms with Crippen LogP contribution in [0.2, 0.25) is 0 Å². The number of amides is 2. The van der Waals surface area contributed by atoms with Crippen LogP contribution in [0.15, 0.2) is 0 Å². The summed E-state index contributed by atoms with van der Waals surface area (Å²) in [6, 6.07) is -0.250. The van der Waals surface area contributed by atoms with E-state index < -0.39 is 0 Å². The molecule has 5 heteroatoms. The first-order valence-corrected chi connectivity index (χ1v) is 5.96. The Bertz CT molecular complexity index is 233. The SMILES string of the molecule is CCNC(=O)[C@@H]1CCCN1C(=O)CBr. The average molecular weight is 263 g/mol. The molecule has 0 aromatic rings. The third-order valence-corrected chi connectivity index (χ3v) is 2.82. The van der Waals surface area contributed by atoms with Gasteiger partial charge in [-0.2, -0.15) is 0 Å². The van der Waals surface area contributed by atoms with Gasteiger partial charge in [0.1, 0.15) is 6.04 Å². The van der Waals surface area contributed by atoms with Gasteiger partial charge in [-0.3, -0.25) is 9.59 Å². The summed E-state index contributed by atoms with van der Waals surface area (Å²) < 4.78 is 0. The zero-order valence-corrected chi connectivity index (χ0v) is 9.84. The molecule has 1 rings (SSSR count). The standard InChI is InChI=1S/C9H15BrN2O2/c1-2-11-9(14)7-4-3-5-12(7)8(13)6-10/h7H,2-6H2,1H3,(H,11,14)/t7-/m0/s1. The average Bonchev–Trinajstić information content (AvgIpc) is 2.65. The van der Waals surface area contributed by atoms with Gasteiger partial charge in [-0.05, 0) is 19.8 Å². The monoisotopic (exact) mass is 262 g/mol. The second-order valence-electron chi connectivity index (χ2n) is 3.27. The van der Waals surface area contributed by atoms with Gasteiger partial charge in [0.2, 0.25) is 11.8 Å². The van der Waals surface area contributed by atoms with E-state index in [4.69, 9.17) is 0 Å². The van der Waals surface area contributed by atoms with Crippen LogP contribution in [-0.2, 0) is 9.59 Å². The molecule has 0 aliphatic carbocycles. The summed E-state index contributed by atoms with van der Waals surface area (Å²) >= 11 is 3.12. The smallest absolute Gasteiger partial charge is 0.242 e. The molecule has 1 N–H and O–H groups in total. The fourth-order valence-electron chi connectivity index (χ4n) is 1.71. The number of halogens is 1. The van der Waals surface area contributed by atoms with Crippen molar-refractivity contribution < 1.29 is 9.59 Å². The Kier molecular flexibility index (Phi) is 4.38. The van der Waals surface area contributed by atoms with E-state index in [1.807, 2.05) is 6.92 Å². The zero-order chi connectivity index (χ0) is 10.6. The van der Waals surface area contributed by atoms with E-state index in [2.05, 4.69) is 21.2 Å². The quantitative estimate of drug-likeness (QED) is 0.754. The normalized spacial score (nSPS) is 21.0. The number of rotatable bonds is 3. The second kappa shape index (κ2) is 5.34. The Morgan fingerprint density at radius 3 is 2.86 bits per heavy atom. The van der Waals surface area contributed by atoms with Crippen LogP contribution in [0, 0.1) is 0 Å². The molecule has 0 bridgehead atoms. The van der Waals surface area contributed by atoms with Crippen LogP contribution in [0.4, 0.5) is 0 Å². The third kappa shape index (κ3) is 2.47. The van der Waals surface area contributed by atoms with Gasteiger partial charge < -0.3 is 10.2 Å². The van der Waals surface area contributed by atoms with Crippen LogP contribution in [0.3, 0.4) is 0 Å². The van der Waals surface area contributed by atoms with E-state index in [0.717, 1.165) is 12.8 Å². The maximum Gasteiger partial charge on any atom is 0.242 e. The van der Waals surface area contributed by atoms with Crippen molar-refractivity contribution in [2.45, 2.75) is 25.8 Å². The highest BCUT2D eigenvalue weighted by atomic mass is 79.9. The first kappa shape index (κ1) is 11.5. The molecule has 1 heterocycles. The van der Waals surface area contributed by atoms with Crippen LogP contribution in [0.5, 0.6) is 0 Å². The lowest BCUT2D eigenvalue weighted by Gasteiger charge is -2.22. The molecule has 1 fully saturated rings. The van der Waals surface area contributed by atoms with Gasteiger partial charge >= 0.3 is 0 Å². The van der Waals surface area contributed by atoms with Crippen LogP contribution in [0.1, 0.15) is 19.8 Å². The first-order chi connectivity index (χ1) is 6.70. The van der Waals surface area contributed by atoms with Gasteiger partial charge in [-0.1, -0.05) is 15.9 Å². The number of hydrogen-bond acceptors (Lipinski definition) is 2. The van der Waals surface area contributed by atoms with Gasteiger partial charge in [-0.25, -0.2) is 0 Å². The van der Waals surface area contributed by atoms with Gasteiger partial charge in [0.25, 0.3) is 0 Å². The number of likely N-dealkylation sites (tertiary alicyclic amines) is 1. The number of nitrogens with one attached hydrogen (secondary N) is 1. The number of likely N-dealkylation sites (N-methyl/N-ethyl adjacent to an activating group) is 1. The topological polar surface area (TPSA) is 49.4 Å². The lowest BCUT2D eigenvalue weighted by Crippen LogP contribution is -2.46. The van der Waals surface area contributed by atoms with Crippen LogP contribution in [0.25, 0.3) is 0 Å². The fraction of sp³-hybridized carbons (Fsp3) is 0.778. The molecule has 0 aromatic heterocycles. The van der Waals surface area contributed by atoms with Crippen molar-refractivity contribution in [1.82, 2.24) is 10.2 Å². The minimum Gasteiger partial charge on any atom is -0.355 e. The van der Waals surface area contributed by atoms with Gasteiger partial charge in [-0.15, -0.1) is 0 Å². The first-order valence-electron chi connectivity index (χ1n) is 4.83. The molecule has 0 aromatic carbocycles. The van der Waals surface area contributed by atoms with E-state index in [0.29, 0.717) is 18.4 Å². The number of hydrogen-bond donors (Lipinski definition) is 1. The molecule has 0 saturated carbocycles. The van der Waals surface area contributed by atoms with Crippen LogP contribution >= 0.6 is 15.9 Å². The van der Waals surface area contributed by atoms with Crippen molar-refractivity contribution in [3.63, 3.8) is 0 Å². The molecule has 1 aliphatic heterocycles. The molecule has 14 heavy (non-hydrogen) atoms. The third-order valence-electron chi connectivity index (χ3n) is 2.34. The Hall–Kier alpha value is -0.580. The van der Waals surface area contributed by atoms with Gasteiger partial charge in [0.15, 0.2) is 0 Å². The zero-order valence-electron chi connectivity index (χ0n) is 8.25. The Morgan fingerprint density at radius 1 is 1.57 bits per heavy atom. The largest absolute Gasteiger partial charge is 0.355 e. The molecular weight excluding hydrogens is 248 g/mol. The summed E-state index contributed by atoms with van der Waals surface area (Å²) in [6.07, 6.45) is 1.70. The Labute approximate surface area is 92.2 Å². The number of alkyl halides is 1. The summed E-state index contributed by atoms with van der Waals surface area (Å²) in [4.78, 5) is 24.6. The van der Waals surface area contributed by atoms with Crippen molar-refractivity contribution in [3.05, 3.63) is 0 Å². The van der Waals surface area contributed by atoms with Crippen LogP contribution in [-0.4, -0.2) is 41.2 Å². The van der Waals surface area contributed by atoms with E-state index in [-0.39, 0.29) is 17.9 Å². The van der Waals surface area contributed by atoms with Crippen molar-refractivity contribution in [2.75, 3.05) is 18.4 Å². The highest BCUT2D eigenvalue weighted by molar-refractivity contribution is 9.09. The molecule has 0 unspecified atom stereocenters. The predicted molar refractivity (Wildman–Crippen MR) is 57.2 cm³/mol. The molecule has 0 radical (unpaired) electrons. The maximum absolute atomic E-state index is 11.6. The molecule has 1 atom stereocenters. The second-order valence-corrected chi connectivity index (χ2v) is 3.83. The molecule has 1 aliphatic rings. The van der Waals surface area contributed by atoms with Crippen molar-refractivity contribution >= 4 is 27.7 Å². The summed E-state index contributed by atoms with van der Waals surface area (Å²) in [5.74, 6) is -0.0296. The Morgan fingerprint density at radius 2 is 2.29 bits per heavy atom. The van der Waals surface area contributed by atoms with Gasteiger partial charge in [0.05, 0.1) is 5.33 Å². The molecule has 1 saturated heterocycles. The number of carbonyl (C=O) groups is 2. The van der Waals surface area contributed by atoms with Crippen molar-refractivity contribution in [2.24, 2.45) is 0 Å². The van der Waals surface area contributed by atoms with Crippen LogP contribution < -0.4 is 5.32 Å². The highest BCUT2D eigenvalue weighted by Gasteiger charge is 2.32. The van der Waals surface area contributed by atoms with E-state index in [1.165, 1.54) is 0 Å². The van der Waals surface area contributed by atoms with Crippen molar-refractivity contribution in [3.8, 4) is 0 Å². The number of carbonyl (C=O) groups excluding carboxylic acids is 2. The summed E-state index contributed by atoms with van der Waals surface area (Å²) in [7, 11) is 0. The Balaban J connectivity index is 2.59. The lowest BCUT2D eigenvalue weighted by atomic mass is 10.2. The van der Waals surface area contributed by atoms with Crippen molar-refractivity contribution in [1.29, 1.82) is 0 Å². The number of nitrogens with zero attached hydrogens (tertiary/aromatic N) is 1. The minimum absolute atomic E-state index is 0.00115. The van der Waals surface area contributed by atoms with E-state index in [1.54, 1.807) is 4.90 Å². The summed E-state index contributed by atoms with van der Waals surface area (Å²) in [6.45, 7) is 3.20. The minimum atomic E-state index is -0.250.